The monoisotopic (exact) mass is 309 g/mol. The smallest absolute Gasteiger partial charge is 0.368 e. The van der Waals surface area contributed by atoms with Crippen LogP contribution in [0.15, 0.2) is 0 Å². The Morgan fingerprint density at radius 3 is 2.38 bits per heavy atom. The van der Waals surface area contributed by atoms with Crippen molar-refractivity contribution in [2.24, 2.45) is 5.73 Å². The molecule has 0 spiro atoms. The second kappa shape index (κ2) is 6.96. The van der Waals surface area contributed by atoms with Gasteiger partial charge in [-0.2, -0.15) is 13.2 Å². The van der Waals surface area contributed by atoms with Crippen molar-refractivity contribution in [1.29, 1.82) is 0 Å². The molecule has 1 aliphatic carbocycles. The quantitative estimate of drug-likeness (QED) is 0.685. The molecule has 1 rings (SSSR count). The molecule has 7 heteroatoms. The Hall–Kier alpha value is -0.820. The maximum atomic E-state index is 12.7. The van der Waals surface area contributed by atoms with Crippen molar-refractivity contribution in [2.75, 3.05) is 13.1 Å². The maximum Gasteiger partial charge on any atom is 0.401 e. The molecule has 3 N–H and O–H groups in total. The van der Waals surface area contributed by atoms with Gasteiger partial charge in [0, 0.05) is 12.1 Å². The summed E-state index contributed by atoms with van der Waals surface area (Å²) < 4.78 is 38.1. The molecule has 0 heterocycles. The Bertz CT molecular complexity index is 358. The normalized spacial score (nSPS) is 20.3. The third-order valence-electron chi connectivity index (χ3n) is 3.96. The molecule has 1 amide bonds. The molecule has 0 bridgehead atoms. The van der Waals surface area contributed by atoms with Crippen LogP contribution in [0.2, 0.25) is 0 Å². The van der Waals surface area contributed by atoms with Crippen LogP contribution in [0.3, 0.4) is 0 Å². The molecule has 1 fully saturated rings. The van der Waals surface area contributed by atoms with Gasteiger partial charge in [0.1, 0.15) is 0 Å². The molecular formula is C14H26F3N3O. The predicted molar refractivity (Wildman–Crippen MR) is 75.8 cm³/mol. The van der Waals surface area contributed by atoms with Crippen LogP contribution >= 0.6 is 0 Å². The van der Waals surface area contributed by atoms with E-state index in [1.807, 2.05) is 6.92 Å². The van der Waals surface area contributed by atoms with Crippen LogP contribution in [0.4, 0.5) is 13.2 Å². The Morgan fingerprint density at radius 1 is 1.43 bits per heavy atom. The second-order valence-electron chi connectivity index (χ2n) is 6.19. The molecule has 124 valence electrons. The van der Waals surface area contributed by atoms with Crippen LogP contribution in [0.1, 0.15) is 46.5 Å². The van der Waals surface area contributed by atoms with Gasteiger partial charge in [-0.15, -0.1) is 0 Å². The lowest BCUT2D eigenvalue weighted by Crippen LogP contribution is -2.57. The molecule has 0 aromatic rings. The topological polar surface area (TPSA) is 58.4 Å². The summed E-state index contributed by atoms with van der Waals surface area (Å²) in [6, 6.07) is -0.383. The molecule has 1 aliphatic rings. The van der Waals surface area contributed by atoms with Gasteiger partial charge in [0.25, 0.3) is 0 Å². The molecule has 4 nitrogen and oxygen atoms in total. The number of alkyl halides is 3. The first-order valence-corrected chi connectivity index (χ1v) is 7.46. The van der Waals surface area contributed by atoms with Crippen molar-refractivity contribution in [1.82, 2.24) is 10.2 Å². The second-order valence-corrected chi connectivity index (χ2v) is 6.19. The van der Waals surface area contributed by atoms with E-state index in [0.29, 0.717) is 6.54 Å². The van der Waals surface area contributed by atoms with Crippen molar-refractivity contribution in [3.8, 4) is 0 Å². The van der Waals surface area contributed by atoms with Crippen LogP contribution in [-0.4, -0.2) is 47.7 Å². The lowest BCUT2D eigenvalue weighted by molar-refractivity contribution is -0.153. The molecule has 0 saturated heterocycles. The number of carbonyl (C=O) groups is 1. The minimum Gasteiger partial charge on any atom is -0.368 e. The minimum absolute atomic E-state index is 0.0232. The lowest BCUT2D eigenvalue weighted by Gasteiger charge is -2.36. The summed E-state index contributed by atoms with van der Waals surface area (Å²) in [7, 11) is 0. The van der Waals surface area contributed by atoms with Gasteiger partial charge in [0.2, 0.25) is 5.91 Å². The van der Waals surface area contributed by atoms with E-state index < -0.39 is 24.2 Å². The molecule has 0 aromatic carbocycles. The first kappa shape index (κ1) is 18.2. The fraction of sp³-hybridized carbons (Fsp3) is 0.929. The standard InChI is InChI=1S/C14H26F3N3O/c1-4-7-19-13(3,12(18)21)8-10(2)20(11-5-6-11)9-14(15,16)17/h10-11,19H,4-9H2,1-3H3,(H2,18,21). The summed E-state index contributed by atoms with van der Waals surface area (Å²) in [4.78, 5) is 13.1. The minimum atomic E-state index is -4.23. The van der Waals surface area contributed by atoms with Crippen LogP contribution in [0.5, 0.6) is 0 Å². The van der Waals surface area contributed by atoms with Gasteiger partial charge in [0.05, 0.1) is 12.1 Å². The number of halogens is 3. The number of carbonyl (C=O) groups excluding carboxylic acids is 1. The van der Waals surface area contributed by atoms with Crippen molar-refractivity contribution in [3.05, 3.63) is 0 Å². The number of rotatable bonds is 9. The van der Waals surface area contributed by atoms with Crippen LogP contribution in [-0.2, 0) is 4.79 Å². The average Bonchev–Trinajstić information content (AvgIpc) is 3.16. The highest BCUT2D eigenvalue weighted by atomic mass is 19.4. The fourth-order valence-electron chi connectivity index (χ4n) is 2.63. The number of hydrogen-bond acceptors (Lipinski definition) is 3. The lowest BCUT2D eigenvalue weighted by atomic mass is 9.91. The molecule has 0 aromatic heterocycles. The third-order valence-corrected chi connectivity index (χ3v) is 3.96. The first-order chi connectivity index (χ1) is 9.59. The van der Waals surface area contributed by atoms with Gasteiger partial charge in [0.15, 0.2) is 0 Å². The van der Waals surface area contributed by atoms with Crippen LogP contribution in [0, 0.1) is 0 Å². The molecule has 21 heavy (non-hydrogen) atoms. The van der Waals surface area contributed by atoms with E-state index in [1.54, 1.807) is 13.8 Å². The number of nitrogens with one attached hydrogen (secondary N) is 1. The largest absolute Gasteiger partial charge is 0.401 e. The fourth-order valence-corrected chi connectivity index (χ4v) is 2.63. The molecule has 0 radical (unpaired) electrons. The van der Waals surface area contributed by atoms with E-state index in [-0.39, 0.29) is 18.5 Å². The summed E-state index contributed by atoms with van der Waals surface area (Å²) in [5, 5.41) is 3.07. The number of amides is 1. The van der Waals surface area contributed by atoms with E-state index in [2.05, 4.69) is 5.32 Å². The van der Waals surface area contributed by atoms with Crippen LogP contribution in [0.25, 0.3) is 0 Å². The van der Waals surface area contributed by atoms with E-state index in [0.717, 1.165) is 19.3 Å². The Morgan fingerprint density at radius 2 is 2.00 bits per heavy atom. The highest BCUT2D eigenvalue weighted by Gasteiger charge is 2.42. The number of primary amides is 1. The average molecular weight is 309 g/mol. The van der Waals surface area contributed by atoms with E-state index in [4.69, 9.17) is 5.73 Å². The number of nitrogens with zero attached hydrogens (tertiary/aromatic N) is 1. The van der Waals surface area contributed by atoms with Gasteiger partial charge in [-0.05, 0) is 46.1 Å². The zero-order chi connectivity index (χ0) is 16.3. The summed E-state index contributed by atoms with van der Waals surface area (Å²) in [6.45, 7) is 5.04. The maximum absolute atomic E-state index is 12.7. The van der Waals surface area contributed by atoms with Crippen molar-refractivity contribution in [3.63, 3.8) is 0 Å². The zero-order valence-electron chi connectivity index (χ0n) is 13.0. The molecule has 2 atom stereocenters. The summed E-state index contributed by atoms with van der Waals surface area (Å²) in [5.74, 6) is -0.523. The van der Waals surface area contributed by atoms with Crippen molar-refractivity contribution in [2.45, 2.75) is 70.3 Å². The molecule has 2 unspecified atom stereocenters. The molecule has 0 aliphatic heterocycles. The van der Waals surface area contributed by atoms with Gasteiger partial charge in [-0.1, -0.05) is 6.92 Å². The number of hydrogen-bond donors (Lipinski definition) is 2. The third kappa shape index (κ3) is 5.82. The molecular weight excluding hydrogens is 283 g/mol. The zero-order valence-corrected chi connectivity index (χ0v) is 13.0. The highest BCUT2D eigenvalue weighted by molar-refractivity contribution is 5.84. The number of nitrogens with two attached hydrogens (primary N) is 1. The predicted octanol–water partition coefficient (Wildman–Crippen LogP) is 2.04. The van der Waals surface area contributed by atoms with E-state index >= 15 is 0 Å². The SMILES string of the molecule is CCCNC(C)(CC(C)N(CC(F)(F)F)C1CC1)C(N)=O. The Labute approximate surface area is 124 Å². The van der Waals surface area contributed by atoms with E-state index in [1.165, 1.54) is 4.90 Å². The van der Waals surface area contributed by atoms with Crippen molar-refractivity contribution < 1.29 is 18.0 Å². The summed E-state index contributed by atoms with van der Waals surface area (Å²) >= 11 is 0. The van der Waals surface area contributed by atoms with Crippen molar-refractivity contribution >= 4 is 5.91 Å². The van der Waals surface area contributed by atoms with Crippen LogP contribution < -0.4 is 11.1 Å². The summed E-state index contributed by atoms with van der Waals surface area (Å²) in [5.41, 5.74) is 4.46. The van der Waals surface area contributed by atoms with E-state index in [9.17, 15) is 18.0 Å². The Kier molecular flexibility index (Phi) is 6.04. The highest BCUT2D eigenvalue weighted by Crippen LogP contribution is 2.33. The van der Waals surface area contributed by atoms with Gasteiger partial charge in [-0.25, -0.2) is 0 Å². The van der Waals surface area contributed by atoms with Gasteiger partial charge in [-0.3, -0.25) is 9.69 Å². The first-order valence-electron chi connectivity index (χ1n) is 7.46. The molecule has 1 saturated carbocycles. The van der Waals surface area contributed by atoms with Gasteiger partial charge < -0.3 is 11.1 Å². The van der Waals surface area contributed by atoms with Gasteiger partial charge >= 0.3 is 6.18 Å². The summed E-state index contributed by atoms with van der Waals surface area (Å²) in [6.07, 6.45) is -1.55. The Balaban J connectivity index is 2.73.